The van der Waals surface area contributed by atoms with E-state index in [1.54, 1.807) is 19.5 Å². The van der Waals surface area contributed by atoms with Crippen molar-refractivity contribution in [2.24, 2.45) is 0 Å². The van der Waals surface area contributed by atoms with Crippen molar-refractivity contribution < 1.29 is 9.26 Å². The van der Waals surface area contributed by atoms with Crippen LogP contribution in [0.4, 0.5) is 0 Å². The van der Waals surface area contributed by atoms with Crippen LogP contribution >= 0.6 is 0 Å². The summed E-state index contributed by atoms with van der Waals surface area (Å²) in [4.78, 5) is 8.50. The van der Waals surface area contributed by atoms with Crippen molar-refractivity contribution in [1.82, 2.24) is 20.4 Å². The Morgan fingerprint density at radius 2 is 2.42 bits per heavy atom. The first-order chi connectivity index (χ1) is 9.38. The summed E-state index contributed by atoms with van der Waals surface area (Å²) in [6.45, 7) is 1.98. The molecule has 0 aromatic carbocycles. The van der Waals surface area contributed by atoms with Gasteiger partial charge in [0.1, 0.15) is 5.75 Å². The number of nitrogens with zero attached hydrogens (tertiary/aromatic N) is 3. The second-order valence-corrected chi connectivity index (χ2v) is 4.58. The molecule has 19 heavy (non-hydrogen) atoms. The Kier molecular flexibility index (Phi) is 3.41. The average molecular weight is 260 g/mol. The molecular weight excluding hydrogens is 244 g/mol. The van der Waals surface area contributed by atoms with Gasteiger partial charge < -0.3 is 14.6 Å². The first kappa shape index (κ1) is 12.1. The van der Waals surface area contributed by atoms with E-state index in [-0.39, 0.29) is 0 Å². The Bertz CT molecular complexity index is 549. The zero-order valence-electron chi connectivity index (χ0n) is 10.8. The summed E-state index contributed by atoms with van der Waals surface area (Å²) in [6, 6.07) is 1.81. The molecule has 2 aromatic heterocycles. The highest BCUT2D eigenvalue weighted by molar-refractivity contribution is 5.61. The van der Waals surface area contributed by atoms with Gasteiger partial charge in [0, 0.05) is 18.7 Å². The first-order valence-corrected chi connectivity index (χ1v) is 6.41. The Balaban J connectivity index is 1.88. The number of nitrogens with one attached hydrogen (secondary N) is 1. The Morgan fingerprint density at radius 1 is 1.47 bits per heavy atom. The van der Waals surface area contributed by atoms with E-state index in [1.807, 2.05) is 6.07 Å². The lowest BCUT2D eigenvalue weighted by atomic mass is 9.99. The third-order valence-corrected chi connectivity index (χ3v) is 3.34. The van der Waals surface area contributed by atoms with Gasteiger partial charge in [-0.3, -0.25) is 4.98 Å². The molecule has 1 saturated heterocycles. The van der Waals surface area contributed by atoms with E-state index < -0.39 is 0 Å². The molecule has 0 bridgehead atoms. The number of aromatic nitrogens is 3. The normalized spacial score (nSPS) is 19.3. The fraction of sp³-hybridized carbons (Fsp3) is 0.462. The van der Waals surface area contributed by atoms with Gasteiger partial charge in [-0.15, -0.1) is 0 Å². The van der Waals surface area contributed by atoms with Gasteiger partial charge in [0.05, 0.1) is 18.9 Å². The molecule has 1 unspecified atom stereocenters. The highest BCUT2D eigenvalue weighted by atomic mass is 16.5. The molecule has 100 valence electrons. The second-order valence-electron chi connectivity index (χ2n) is 4.58. The maximum atomic E-state index is 5.35. The average Bonchev–Trinajstić information content (AvgIpc) is 2.98. The van der Waals surface area contributed by atoms with Gasteiger partial charge in [0.25, 0.3) is 5.89 Å². The molecule has 1 atom stereocenters. The Labute approximate surface area is 111 Å². The largest absolute Gasteiger partial charge is 0.494 e. The molecule has 1 fully saturated rings. The number of methoxy groups -OCH3 is 1. The summed E-state index contributed by atoms with van der Waals surface area (Å²) in [5.41, 5.74) is 0.778. The van der Waals surface area contributed by atoms with E-state index in [0.717, 1.165) is 37.3 Å². The lowest BCUT2D eigenvalue weighted by Gasteiger charge is -2.19. The maximum Gasteiger partial charge on any atom is 0.261 e. The van der Waals surface area contributed by atoms with Gasteiger partial charge in [0.15, 0.2) is 5.82 Å². The molecule has 1 aliphatic rings. The molecule has 0 saturated carbocycles. The lowest BCUT2D eigenvalue weighted by Crippen LogP contribution is -2.28. The quantitative estimate of drug-likeness (QED) is 0.903. The second kappa shape index (κ2) is 5.36. The summed E-state index contributed by atoms with van der Waals surface area (Å²) < 4.78 is 10.6. The topological polar surface area (TPSA) is 73.1 Å². The van der Waals surface area contributed by atoms with Gasteiger partial charge in [-0.05, 0) is 25.5 Å². The van der Waals surface area contributed by atoms with Gasteiger partial charge in [0.2, 0.25) is 0 Å². The molecule has 1 N–H and O–H groups in total. The van der Waals surface area contributed by atoms with Crippen molar-refractivity contribution in [3.8, 4) is 17.2 Å². The third-order valence-electron chi connectivity index (χ3n) is 3.34. The highest BCUT2D eigenvalue weighted by Gasteiger charge is 2.22. The standard InChI is InChI=1S/C13H16N4O2/c1-18-11-8-15-6-4-10(11)13-16-12(17-19-13)9-3-2-5-14-7-9/h4,6,8-9,14H,2-3,5,7H2,1H3. The molecule has 6 nitrogen and oxygen atoms in total. The Morgan fingerprint density at radius 3 is 3.21 bits per heavy atom. The van der Waals surface area contributed by atoms with Crippen molar-refractivity contribution in [3.05, 3.63) is 24.3 Å². The molecule has 0 aliphatic carbocycles. The van der Waals surface area contributed by atoms with Crippen molar-refractivity contribution >= 4 is 0 Å². The predicted octanol–water partition coefficient (Wildman–Crippen LogP) is 1.61. The van der Waals surface area contributed by atoms with E-state index in [0.29, 0.717) is 17.6 Å². The van der Waals surface area contributed by atoms with Crippen LogP contribution < -0.4 is 10.1 Å². The number of pyridine rings is 1. The van der Waals surface area contributed by atoms with E-state index in [9.17, 15) is 0 Å². The van der Waals surface area contributed by atoms with Gasteiger partial charge in [-0.1, -0.05) is 5.16 Å². The summed E-state index contributed by atoms with van der Waals surface area (Å²) >= 11 is 0. The van der Waals surface area contributed by atoms with Crippen LogP contribution in [0, 0.1) is 0 Å². The SMILES string of the molecule is COc1cnccc1-c1nc(C2CCCNC2)no1. The van der Waals surface area contributed by atoms with E-state index >= 15 is 0 Å². The van der Waals surface area contributed by atoms with E-state index in [4.69, 9.17) is 9.26 Å². The maximum absolute atomic E-state index is 5.35. The zero-order chi connectivity index (χ0) is 13.1. The smallest absolute Gasteiger partial charge is 0.261 e. The van der Waals surface area contributed by atoms with Crippen LogP contribution in [0.15, 0.2) is 23.0 Å². The van der Waals surface area contributed by atoms with Crippen LogP contribution in [0.1, 0.15) is 24.6 Å². The summed E-state index contributed by atoms with van der Waals surface area (Å²) in [5, 5.41) is 7.44. The minimum absolute atomic E-state index is 0.332. The molecule has 0 radical (unpaired) electrons. The fourth-order valence-electron chi connectivity index (χ4n) is 2.30. The molecule has 3 rings (SSSR count). The molecule has 2 aromatic rings. The van der Waals surface area contributed by atoms with Crippen LogP contribution in [0.2, 0.25) is 0 Å². The van der Waals surface area contributed by atoms with Crippen molar-refractivity contribution in [3.63, 3.8) is 0 Å². The van der Waals surface area contributed by atoms with Crippen LogP contribution in [0.3, 0.4) is 0 Å². The molecule has 0 spiro atoms. The minimum Gasteiger partial charge on any atom is -0.494 e. The number of hydrogen-bond donors (Lipinski definition) is 1. The number of rotatable bonds is 3. The van der Waals surface area contributed by atoms with Crippen molar-refractivity contribution in [1.29, 1.82) is 0 Å². The van der Waals surface area contributed by atoms with Crippen LogP contribution in [-0.2, 0) is 0 Å². The fourth-order valence-corrected chi connectivity index (χ4v) is 2.30. The minimum atomic E-state index is 0.332. The summed E-state index contributed by atoms with van der Waals surface area (Å²) in [5.74, 6) is 2.22. The summed E-state index contributed by atoms with van der Waals surface area (Å²) in [6.07, 6.45) is 5.57. The number of ether oxygens (including phenoxy) is 1. The van der Waals surface area contributed by atoms with Crippen LogP contribution in [-0.4, -0.2) is 35.3 Å². The van der Waals surface area contributed by atoms with Crippen molar-refractivity contribution in [2.45, 2.75) is 18.8 Å². The van der Waals surface area contributed by atoms with Gasteiger partial charge in [-0.25, -0.2) is 0 Å². The zero-order valence-corrected chi connectivity index (χ0v) is 10.8. The van der Waals surface area contributed by atoms with Crippen LogP contribution in [0.5, 0.6) is 5.75 Å². The van der Waals surface area contributed by atoms with Gasteiger partial charge in [-0.2, -0.15) is 4.98 Å². The molecule has 6 heteroatoms. The van der Waals surface area contributed by atoms with Crippen molar-refractivity contribution in [2.75, 3.05) is 20.2 Å². The highest BCUT2D eigenvalue weighted by Crippen LogP contribution is 2.29. The number of hydrogen-bond acceptors (Lipinski definition) is 6. The molecular formula is C13H16N4O2. The lowest BCUT2D eigenvalue weighted by molar-refractivity contribution is 0.387. The molecule has 1 aliphatic heterocycles. The Hall–Kier alpha value is -1.95. The molecule has 0 amide bonds. The third kappa shape index (κ3) is 2.44. The first-order valence-electron chi connectivity index (χ1n) is 6.41. The number of piperidine rings is 1. The summed E-state index contributed by atoms with van der Waals surface area (Å²) in [7, 11) is 1.60. The van der Waals surface area contributed by atoms with Crippen LogP contribution in [0.25, 0.3) is 11.5 Å². The van der Waals surface area contributed by atoms with E-state index in [1.165, 1.54) is 0 Å². The van der Waals surface area contributed by atoms with E-state index in [2.05, 4.69) is 20.4 Å². The monoisotopic (exact) mass is 260 g/mol. The predicted molar refractivity (Wildman–Crippen MR) is 68.9 cm³/mol. The van der Waals surface area contributed by atoms with Gasteiger partial charge >= 0.3 is 0 Å². The molecule has 3 heterocycles.